The van der Waals surface area contributed by atoms with E-state index >= 15 is 0 Å². The van der Waals surface area contributed by atoms with Crippen molar-refractivity contribution in [1.82, 2.24) is 20.4 Å². The van der Waals surface area contributed by atoms with E-state index in [1.54, 1.807) is 11.8 Å². The molecule has 0 saturated carbocycles. The van der Waals surface area contributed by atoms with Crippen LogP contribution in [-0.4, -0.2) is 79.6 Å². The molecular weight excluding hydrogens is 373 g/mol. The molecule has 10 heteroatoms. The molecule has 2 amide bonds. The van der Waals surface area contributed by atoms with E-state index in [0.29, 0.717) is 58.5 Å². The van der Waals surface area contributed by atoms with Gasteiger partial charge in [0.25, 0.3) is 0 Å². The van der Waals surface area contributed by atoms with Crippen molar-refractivity contribution in [3.8, 4) is 0 Å². The topological polar surface area (TPSA) is 64.7 Å². The first-order valence-corrected chi connectivity index (χ1v) is 8.90. The molecule has 2 atom stereocenters. The van der Waals surface area contributed by atoms with Gasteiger partial charge in [-0.25, -0.2) is 0 Å². The maximum atomic E-state index is 13.3. The first-order valence-electron chi connectivity index (χ1n) is 8.90. The summed E-state index contributed by atoms with van der Waals surface area (Å²) < 4.78 is 40.0. The minimum absolute atomic E-state index is 0. The van der Waals surface area contributed by atoms with Crippen molar-refractivity contribution in [2.45, 2.75) is 38.4 Å². The number of piperazine rings is 1. The van der Waals surface area contributed by atoms with Gasteiger partial charge in [0.15, 0.2) is 0 Å². The van der Waals surface area contributed by atoms with Crippen LogP contribution in [0.1, 0.15) is 26.2 Å². The lowest BCUT2D eigenvalue weighted by Gasteiger charge is -2.36. The molecule has 0 spiro atoms. The van der Waals surface area contributed by atoms with E-state index in [4.69, 9.17) is 0 Å². The van der Waals surface area contributed by atoms with Crippen LogP contribution in [0.25, 0.3) is 0 Å². The minimum Gasteiger partial charge on any atom is -0.354 e. The van der Waals surface area contributed by atoms with Gasteiger partial charge in [0.05, 0.1) is 5.92 Å². The van der Waals surface area contributed by atoms with Gasteiger partial charge in [0.1, 0.15) is 6.04 Å². The third-order valence-electron chi connectivity index (χ3n) is 4.89. The Labute approximate surface area is 158 Å². The van der Waals surface area contributed by atoms with Gasteiger partial charge in [-0.15, -0.1) is 12.4 Å². The zero-order valence-electron chi connectivity index (χ0n) is 15.0. The van der Waals surface area contributed by atoms with Crippen molar-refractivity contribution < 1.29 is 22.8 Å². The number of hydrogen-bond acceptors (Lipinski definition) is 4. The summed E-state index contributed by atoms with van der Waals surface area (Å²) in [6.07, 6.45) is -2.72. The maximum Gasteiger partial charge on any atom is 0.405 e. The number of hydrogen-bond donors (Lipinski definition) is 2. The van der Waals surface area contributed by atoms with Crippen molar-refractivity contribution in [3.05, 3.63) is 0 Å². The largest absolute Gasteiger partial charge is 0.405 e. The van der Waals surface area contributed by atoms with Gasteiger partial charge < -0.3 is 15.5 Å². The number of piperidine rings is 1. The predicted octanol–water partition coefficient (Wildman–Crippen LogP) is 1.01. The number of alkyl halides is 3. The summed E-state index contributed by atoms with van der Waals surface area (Å²) in [5, 5.41) is 5.50. The van der Waals surface area contributed by atoms with E-state index in [2.05, 4.69) is 10.6 Å². The highest BCUT2D eigenvalue weighted by Gasteiger charge is 2.44. The SMILES string of the molecule is CCC(=O)N1CCCC(C(=O)NCC(N2CCNCC2)C(F)(F)F)C1.Cl. The van der Waals surface area contributed by atoms with Gasteiger partial charge in [-0.05, 0) is 12.8 Å². The van der Waals surface area contributed by atoms with Gasteiger partial charge in [-0.1, -0.05) is 6.92 Å². The second-order valence-corrected chi connectivity index (χ2v) is 6.62. The van der Waals surface area contributed by atoms with Crippen molar-refractivity contribution >= 4 is 24.2 Å². The van der Waals surface area contributed by atoms with E-state index in [9.17, 15) is 22.8 Å². The summed E-state index contributed by atoms with van der Waals surface area (Å²) >= 11 is 0. The number of carbonyl (C=O) groups excluding carboxylic acids is 2. The van der Waals surface area contributed by atoms with Gasteiger partial charge >= 0.3 is 6.18 Å². The van der Waals surface area contributed by atoms with E-state index in [0.717, 1.165) is 0 Å². The molecule has 152 valence electrons. The summed E-state index contributed by atoms with van der Waals surface area (Å²) in [6, 6.07) is -1.67. The fraction of sp³-hybridized carbons (Fsp3) is 0.875. The summed E-state index contributed by atoms with van der Waals surface area (Å²) in [5.41, 5.74) is 0. The minimum atomic E-state index is -4.39. The molecule has 2 N–H and O–H groups in total. The van der Waals surface area contributed by atoms with Gasteiger partial charge in [0, 0.05) is 52.2 Å². The van der Waals surface area contributed by atoms with Crippen molar-refractivity contribution in [3.63, 3.8) is 0 Å². The number of likely N-dealkylation sites (tertiary alicyclic amines) is 1. The number of halogens is 4. The molecule has 0 aromatic heterocycles. The van der Waals surface area contributed by atoms with Crippen LogP contribution in [0.5, 0.6) is 0 Å². The van der Waals surface area contributed by atoms with Crippen LogP contribution in [0, 0.1) is 5.92 Å². The zero-order chi connectivity index (χ0) is 18.4. The van der Waals surface area contributed by atoms with Crippen LogP contribution < -0.4 is 10.6 Å². The Balaban J connectivity index is 0.00000338. The van der Waals surface area contributed by atoms with Crippen LogP contribution in [0.2, 0.25) is 0 Å². The molecule has 2 rings (SSSR count). The third kappa shape index (κ3) is 6.28. The Morgan fingerprint density at radius 1 is 1.23 bits per heavy atom. The second-order valence-electron chi connectivity index (χ2n) is 6.62. The average Bonchev–Trinajstić information content (AvgIpc) is 2.61. The predicted molar refractivity (Wildman–Crippen MR) is 94.1 cm³/mol. The highest BCUT2D eigenvalue weighted by molar-refractivity contribution is 5.85. The maximum absolute atomic E-state index is 13.3. The zero-order valence-corrected chi connectivity index (χ0v) is 15.8. The van der Waals surface area contributed by atoms with Crippen molar-refractivity contribution in [1.29, 1.82) is 0 Å². The van der Waals surface area contributed by atoms with Crippen LogP contribution in [0.4, 0.5) is 13.2 Å². The number of carbonyl (C=O) groups is 2. The average molecular weight is 401 g/mol. The third-order valence-corrected chi connectivity index (χ3v) is 4.89. The number of nitrogens with one attached hydrogen (secondary N) is 2. The number of amides is 2. The number of rotatable bonds is 5. The van der Waals surface area contributed by atoms with E-state index in [-0.39, 0.29) is 18.3 Å². The summed E-state index contributed by atoms with van der Waals surface area (Å²) in [6.45, 7) is 3.86. The molecule has 2 unspecified atom stereocenters. The molecule has 2 aliphatic heterocycles. The van der Waals surface area contributed by atoms with Crippen LogP contribution in [-0.2, 0) is 9.59 Å². The lowest BCUT2D eigenvalue weighted by Crippen LogP contribution is -2.58. The molecule has 0 aliphatic carbocycles. The molecule has 2 aliphatic rings. The van der Waals surface area contributed by atoms with E-state index < -0.39 is 30.6 Å². The lowest BCUT2D eigenvalue weighted by atomic mass is 9.96. The molecule has 0 bridgehead atoms. The molecule has 0 aromatic carbocycles. The Hall–Kier alpha value is -1.06. The molecule has 2 heterocycles. The van der Waals surface area contributed by atoms with E-state index in [1.165, 1.54) is 4.90 Å². The summed E-state index contributed by atoms with van der Waals surface area (Å²) in [7, 11) is 0. The summed E-state index contributed by atoms with van der Waals surface area (Å²) in [5.74, 6) is -0.842. The molecule has 0 aromatic rings. The fourth-order valence-corrected chi connectivity index (χ4v) is 3.43. The molecule has 0 radical (unpaired) electrons. The summed E-state index contributed by atoms with van der Waals surface area (Å²) in [4.78, 5) is 27.1. The molecule has 26 heavy (non-hydrogen) atoms. The highest BCUT2D eigenvalue weighted by Crippen LogP contribution is 2.25. The number of nitrogens with zero attached hydrogens (tertiary/aromatic N) is 2. The lowest BCUT2D eigenvalue weighted by molar-refractivity contribution is -0.184. The van der Waals surface area contributed by atoms with Gasteiger partial charge in [-0.3, -0.25) is 14.5 Å². The molecule has 2 fully saturated rings. The van der Waals surface area contributed by atoms with Crippen LogP contribution in [0.3, 0.4) is 0 Å². The molecule has 6 nitrogen and oxygen atoms in total. The highest BCUT2D eigenvalue weighted by atomic mass is 35.5. The standard InChI is InChI=1S/C16H27F3N4O2.ClH/c1-2-14(24)23-7-3-4-12(11-23)15(25)21-10-13(16(17,18)19)22-8-5-20-6-9-22;/h12-13,20H,2-11H2,1H3,(H,21,25);1H. The Bertz CT molecular complexity index is 473. The monoisotopic (exact) mass is 400 g/mol. The quantitative estimate of drug-likeness (QED) is 0.723. The molecule has 2 saturated heterocycles. The van der Waals surface area contributed by atoms with Crippen LogP contribution in [0.15, 0.2) is 0 Å². The Kier molecular flexibility index (Phi) is 9.12. The van der Waals surface area contributed by atoms with Gasteiger partial charge in [0.2, 0.25) is 11.8 Å². The van der Waals surface area contributed by atoms with Crippen LogP contribution >= 0.6 is 12.4 Å². The normalized spacial score (nSPS) is 23.1. The van der Waals surface area contributed by atoms with Gasteiger partial charge in [-0.2, -0.15) is 13.2 Å². The first-order chi connectivity index (χ1) is 11.8. The first kappa shape index (κ1) is 23.0. The Morgan fingerprint density at radius 3 is 2.46 bits per heavy atom. The second kappa shape index (κ2) is 10.3. The van der Waals surface area contributed by atoms with Crippen molar-refractivity contribution in [2.75, 3.05) is 45.8 Å². The van der Waals surface area contributed by atoms with Crippen molar-refractivity contribution in [2.24, 2.45) is 5.92 Å². The fourth-order valence-electron chi connectivity index (χ4n) is 3.43. The molecular formula is C16H28ClF3N4O2. The Morgan fingerprint density at radius 2 is 1.88 bits per heavy atom. The smallest absolute Gasteiger partial charge is 0.354 e. The van der Waals surface area contributed by atoms with E-state index in [1.807, 2.05) is 0 Å².